The maximum atomic E-state index is 12.1. The monoisotopic (exact) mass is 269 g/mol. The normalized spacial score (nSPS) is 20.2. The van der Waals surface area contributed by atoms with E-state index in [-0.39, 0.29) is 6.10 Å². The van der Waals surface area contributed by atoms with E-state index >= 15 is 0 Å². The van der Waals surface area contributed by atoms with E-state index in [2.05, 4.69) is 4.72 Å². The molecule has 1 aliphatic rings. The Kier molecular flexibility index (Phi) is 4.04. The summed E-state index contributed by atoms with van der Waals surface area (Å²) in [5.74, 6) is 0. The molecule has 1 aromatic carbocycles. The zero-order chi connectivity index (χ0) is 13.2. The highest BCUT2D eigenvalue weighted by Gasteiger charge is 2.20. The topological polar surface area (TPSA) is 55.4 Å². The molecule has 1 atom stereocenters. The first-order chi connectivity index (χ1) is 8.49. The van der Waals surface area contributed by atoms with Gasteiger partial charge in [0.05, 0.1) is 11.0 Å². The summed E-state index contributed by atoms with van der Waals surface area (Å²) in [7, 11) is -3.42. The Morgan fingerprint density at radius 1 is 1.33 bits per heavy atom. The minimum atomic E-state index is -3.42. The van der Waals surface area contributed by atoms with Gasteiger partial charge in [-0.05, 0) is 49.9 Å². The van der Waals surface area contributed by atoms with Crippen molar-refractivity contribution in [1.29, 1.82) is 0 Å². The average Bonchev–Trinajstić information content (AvgIpc) is 2.83. The van der Waals surface area contributed by atoms with Crippen LogP contribution in [0.4, 0.5) is 0 Å². The van der Waals surface area contributed by atoms with Gasteiger partial charge in [0.15, 0.2) is 0 Å². The quantitative estimate of drug-likeness (QED) is 0.906. The molecule has 18 heavy (non-hydrogen) atoms. The van der Waals surface area contributed by atoms with Gasteiger partial charge in [-0.2, -0.15) is 0 Å². The molecule has 4 nitrogen and oxygen atoms in total. The van der Waals surface area contributed by atoms with Gasteiger partial charge in [0.1, 0.15) is 0 Å². The molecule has 1 aliphatic heterocycles. The second kappa shape index (κ2) is 5.38. The number of ether oxygens (including phenoxy) is 1. The Bertz CT molecular complexity index is 519. The predicted molar refractivity (Wildman–Crippen MR) is 70.1 cm³/mol. The second-order valence-corrected chi connectivity index (χ2v) is 6.50. The Morgan fingerprint density at radius 3 is 2.72 bits per heavy atom. The minimum absolute atomic E-state index is 0.0197. The van der Waals surface area contributed by atoms with Crippen LogP contribution in [0, 0.1) is 13.8 Å². The number of sulfonamides is 1. The number of aryl methyl sites for hydroxylation is 2. The summed E-state index contributed by atoms with van der Waals surface area (Å²) < 4.78 is 32.2. The highest BCUT2D eigenvalue weighted by molar-refractivity contribution is 7.89. The molecule has 100 valence electrons. The lowest BCUT2D eigenvalue weighted by Crippen LogP contribution is -2.31. The highest BCUT2D eigenvalue weighted by atomic mass is 32.2. The van der Waals surface area contributed by atoms with Crippen LogP contribution in [0.15, 0.2) is 23.1 Å². The Morgan fingerprint density at radius 2 is 2.11 bits per heavy atom. The average molecular weight is 269 g/mol. The first-order valence-electron chi connectivity index (χ1n) is 6.17. The van der Waals surface area contributed by atoms with E-state index in [1.165, 1.54) is 0 Å². The molecule has 1 aromatic rings. The van der Waals surface area contributed by atoms with Crippen molar-refractivity contribution in [1.82, 2.24) is 4.72 Å². The SMILES string of the molecule is Cc1ccc(S(=O)(=O)NC[C@H]2CCCO2)cc1C. The summed E-state index contributed by atoms with van der Waals surface area (Å²) in [4.78, 5) is 0.323. The van der Waals surface area contributed by atoms with Gasteiger partial charge in [-0.25, -0.2) is 13.1 Å². The van der Waals surface area contributed by atoms with Gasteiger partial charge in [-0.3, -0.25) is 0 Å². The predicted octanol–water partition coefficient (Wildman–Crippen LogP) is 1.76. The fraction of sp³-hybridized carbons (Fsp3) is 0.538. The molecule has 2 rings (SSSR count). The standard InChI is InChI=1S/C13H19NO3S/c1-10-5-6-13(8-11(10)2)18(15,16)14-9-12-4-3-7-17-12/h5-6,8,12,14H,3-4,7,9H2,1-2H3/t12-/m1/s1. The van der Waals surface area contributed by atoms with Crippen molar-refractivity contribution in [2.45, 2.75) is 37.7 Å². The number of hydrogen-bond acceptors (Lipinski definition) is 3. The van der Waals surface area contributed by atoms with Gasteiger partial charge < -0.3 is 4.74 Å². The first-order valence-corrected chi connectivity index (χ1v) is 7.66. The van der Waals surface area contributed by atoms with E-state index in [0.29, 0.717) is 11.4 Å². The van der Waals surface area contributed by atoms with Crippen LogP contribution in [0.2, 0.25) is 0 Å². The van der Waals surface area contributed by atoms with E-state index < -0.39 is 10.0 Å². The van der Waals surface area contributed by atoms with E-state index in [1.54, 1.807) is 12.1 Å². The molecule has 1 heterocycles. The maximum Gasteiger partial charge on any atom is 0.240 e. The third-order valence-electron chi connectivity index (χ3n) is 3.31. The van der Waals surface area contributed by atoms with Gasteiger partial charge in [0.2, 0.25) is 10.0 Å². The fourth-order valence-electron chi connectivity index (χ4n) is 1.97. The fourth-order valence-corrected chi connectivity index (χ4v) is 3.12. The Balaban J connectivity index is 2.07. The van der Waals surface area contributed by atoms with E-state index in [4.69, 9.17) is 4.74 Å². The number of rotatable bonds is 4. The number of benzene rings is 1. The van der Waals surface area contributed by atoms with Gasteiger partial charge in [0, 0.05) is 13.2 Å². The maximum absolute atomic E-state index is 12.1. The molecule has 0 unspecified atom stereocenters. The molecule has 0 radical (unpaired) electrons. The Hall–Kier alpha value is -0.910. The van der Waals surface area contributed by atoms with Gasteiger partial charge in [0.25, 0.3) is 0 Å². The smallest absolute Gasteiger partial charge is 0.240 e. The molecular formula is C13H19NO3S. The largest absolute Gasteiger partial charge is 0.377 e. The molecule has 0 saturated carbocycles. The Labute approximate surface area is 108 Å². The summed E-state index contributed by atoms with van der Waals surface area (Å²) in [5.41, 5.74) is 2.07. The van der Waals surface area contributed by atoms with Gasteiger partial charge in [-0.1, -0.05) is 6.07 Å². The summed E-state index contributed by atoms with van der Waals surface area (Å²) in [5, 5.41) is 0. The van der Waals surface area contributed by atoms with Crippen LogP contribution in [0.1, 0.15) is 24.0 Å². The van der Waals surface area contributed by atoms with Crippen molar-refractivity contribution in [3.8, 4) is 0 Å². The number of nitrogens with one attached hydrogen (secondary N) is 1. The summed E-state index contributed by atoms with van der Waals surface area (Å²) in [6.45, 7) is 4.96. The van der Waals surface area contributed by atoms with Crippen LogP contribution < -0.4 is 4.72 Å². The molecule has 1 N–H and O–H groups in total. The lowest BCUT2D eigenvalue weighted by Gasteiger charge is -2.12. The third-order valence-corrected chi connectivity index (χ3v) is 4.73. The molecule has 0 amide bonds. The van der Waals surface area contributed by atoms with Crippen molar-refractivity contribution >= 4 is 10.0 Å². The lowest BCUT2D eigenvalue weighted by atomic mass is 10.1. The van der Waals surface area contributed by atoms with Crippen molar-refractivity contribution < 1.29 is 13.2 Å². The first kappa shape index (κ1) is 13.5. The van der Waals surface area contributed by atoms with Gasteiger partial charge >= 0.3 is 0 Å². The summed E-state index contributed by atoms with van der Waals surface area (Å²) in [6.07, 6.45) is 1.96. The summed E-state index contributed by atoms with van der Waals surface area (Å²) in [6, 6.07) is 5.17. The molecule has 1 saturated heterocycles. The molecule has 0 aromatic heterocycles. The van der Waals surface area contributed by atoms with E-state index in [0.717, 1.165) is 30.6 Å². The van der Waals surface area contributed by atoms with Crippen LogP contribution in [-0.2, 0) is 14.8 Å². The van der Waals surface area contributed by atoms with Crippen LogP contribution in [0.3, 0.4) is 0 Å². The van der Waals surface area contributed by atoms with E-state index in [9.17, 15) is 8.42 Å². The minimum Gasteiger partial charge on any atom is -0.377 e. The van der Waals surface area contributed by atoms with E-state index in [1.807, 2.05) is 19.9 Å². The van der Waals surface area contributed by atoms with Crippen LogP contribution in [0.5, 0.6) is 0 Å². The molecule has 5 heteroatoms. The van der Waals surface area contributed by atoms with Crippen molar-refractivity contribution in [2.75, 3.05) is 13.2 Å². The zero-order valence-corrected chi connectivity index (χ0v) is 11.6. The zero-order valence-electron chi connectivity index (χ0n) is 10.8. The van der Waals surface area contributed by atoms with Crippen molar-refractivity contribution in [2.24, 2.45) is 0 Å². The molecular weight excluding hydrogens is 250 g/mol. The van der Waals surface area contributed by atoms with Crippen LogP contribution in [0.25, 0.3) is 0 Å². The highest BCUT2D eigenvalue weighted by Crippen LogP contribution is 2.16. The molecule has 1 fully saturated rings. The van der Waals surface area contributed by atoms with Crippen LogP contribution >= 0.6 is 0 Å². The lowest BCUT2D eigenvalue weighted by molar-refractivity contribution is 0.114. The molecule has 0 spiro atoms. The number of hydrogen-bond donors (Lipinski definition) is 1. The van der Waals surface area contributed by atoms with Crippen molar-refractivity contribution in [3.05, 3.63) is 29.3 Å². The third kappa shape index (κ3) is 3.10. The van der Waals surface area contributed by atoms with Crippen LogP contribution in [-0.4, -0.2) is 27.7 Å². The second-order valence-electron chi connectivity index (χ2n) is 4.73. The molecule has 0 aliphatic carbocycles. The van der Waals surface area contributed by atoms with Crippen molar-refractivity contribution in [3.63, 3.8) is 0 Å². The molecule has 0 bridgehead atoms. The summed E-state index contributed by atoms with van der Waals surface area (Å²) >= 11 is 0. The van der Waals surface area contributed by atoms with Gasteiger partial charge in [-0.15, -0.1) is 0 Å².